The number of hydrogen-bond donors (Lipinski definition) is 2. The van der Waals surface area contributed by atoms with E-state index in [2.05, 4.69) is 20.6 Å². The summed E-state index contributed by atoms with van der Waals surface area (Å²) in [6.45, 7) is 2.20. The van der Waals surface area contributed by atoms with Crippen LogP contribution in [0.4, 0.5) is 23.0 Å². The van der Waals surface area contributed by atoms with Gasteiger partial charge >= 0.3 is 5.69 Å². The first kappa shape index (κ1) is 18.9. The highest BCUT2D eigenvalue weighted by atomic mass is 35.5. The lowest BCUT2D eigenvalue weighted by molar-refractivity contribution is -0.383. The Labute approximate surface area is 165 Å². The van der Waals surface area contributed by atoms with Gasteiger partial charge in [-0.2, -0.15) is 0 Å². The van der Waals surface area contributed by atoms with E-state index in [9.17, 15) is 10.1 Å². The van der Waals surface area contributed by atoms with E-state index in [1.54, 1.807) is 30.3 Å². The Balaban J connectivity index is 1.87. The van der Waals surface area contributed by atoms with Crippen molar-refractivity contribution in [1.29, 1.82) is 0 Å². The van der Waals surface area contributed by atoms with Crippen LogP contribution in [0.5, 0.6) is 0 Å². The maximum atomic E-state index is 11.6. The third kappa shape index (κ3) is 4.64. The van der Waals surface area contributed by atoms with Crippen molar-refractivity contribution in [3.8, 4) is 0 Å². The molecule has 27 heavy (non-hydrogen) atoms. The Morgan fingerprint density at radius 2 is 1.70 bits per heavy atom. The number of halogens is 2. The van der Waals surface area contributed by atoms with Gasteiger partial charge in [-0.25, -0.2) is 9.97 Å². The predicted octanol–water partition coefficient (Wildman–Crippen LogP) is 5.36. The van der Waals surface area contributed by atoms with Crippen molar-refractivity contribution in [2.24, 2.45) is 0 Å². The fraction of sp³-hybridized carbons (Fsp3) is 0.111. The largest absolute Gasteiger partial charge is 0.360 e. The fourth-order valence-corrected chi connectivity index (χ4v) is 2.81. The standard InChI is InChI=1S/C18H15Cl2N5O2/c1-11-8-14(20)6-7-15(11)24-18-16(25(26)27)17(22-10-23-18)21-9-12-2-4-13(19)5-3-12/h2-8,10H,9H2,1H3,(H2,21,22,23,24). The molecule has 0 atom stereocenters. The molecule has 138 valence electrons. The number of hydrogen-bond acceptors (Lipinski definition) is 6. The summed E-state index contributed by atoms with van der Waals surface area (Å²) in [5.41, 5.74) is 2.19. The second-order valence-corrected chi connectivity index (χ2v) is 6.61. The molecule has 0 aliphatic heterocycles. The topological polar surface area (TPSA) is 93.0 Å². The average Bonchev–Trinajstić information content (AvgIpc) is 2.63. The molecule has 2 aromatic carbocycles. The lowest BCUT2D eigenvalue weighted by Crippen LogP contribution is -2.08. The molecule has 0 spiro atoms. The van der Waals surface area contributed by atoms with Crippen LogP contribution in [-0.2, 0) is 6.54 Å². The number of anilines is 3. The molecule has 2 N–H and O–H groups in total. The monoisotopic (exact) mass is 403 g/mol. The molecule has 0 saturated carbocycles. The van der Waals surface area contributed by atoms with Gasteiger partial charge in [0.05, 0.1) is 4.92 Å². The summed E-state index contributed by atoms with van der Waals surface area (Å²) in [7, 11) is 0. The summed E-state index contributed by atoms with van der Waals surface area (Å²) in [6, 6.07) is 12.4. The number of nitro groups is 1. The highest BCUT2D eigenvalue weighted by Gasteiger charge is 2.23. The summed E-state index contributed by atoms with van der Waals surface area (Å²) in [5, 5.41) is 18.8. The molecule has 7 nitrogen and oxygen atoms in total. The molecule has 0 aliphatic carbocycles. The van der Waals surface area contributed by atoms with E-state index in [0.29, 0.717) is 22.3 Å². The molecule has 1 heterocycles. The maximum Gasteiger partial charge on any atom is 0.353 e. The summed E-state index contributed by atoms with van der Waals surface area (Å²) >= 11 is 11.8. The first-order chi connectivity index (χ1) is 12.9. The molecule has 0 saturated heterocycles. The summed E-state index contributed by atoms with van der Waals surface area (Å²) in [4.78, 5) is 19.2. The smallest absolute Gasteiger partial charge is 0.353 e. The van der Waals surface area contributed by atoms with E-state index in [0.717, 1.165) is 11.1 Å². The zero-order valence-electron chi connectivity index (χ0n) is 14.2. The van der Waals surface area contributed by atoms with Gasteiger partial charge in [-0.05, 0) is 48.4 Å². The number of nitrogens with one attached hydrogen (secondary N) is 2. The number of nitrogens with zero attached hydrogens (tertiary/aromatic N) is 3. The minimum atomic E-state index is -0.516. The lowest BCUT2D eigenvalue weighted by atomic mass is 10.2. The van der Waals surface area contributed by atoms with Gasteiger partial charge in [-0.1, -0.05) is 35.3 Å². The summed E-state index contributed by atoms with van der Waals surface area (Å²) in [5.74, 6) is 0.220. The second kappa shape index (κ2) is 8.20. The van der Waals surface area contributed by atoms with Crippen molar-refractivity contribution in [2.45, 2.75) is 13.5 Å². The fourth-order valence-electron chi connectivity index (χ4n) is 2.46. The first-order valence-electron chi connectivity index (χ1n) is 7.95. The molecule has 0 bridgehead atoms. The number of benzene rings is 2. The average molecular weight is 404 g/mol. The molecule has 0 radical (unpaired) electrons. The number of aryl methyl sites for hydroxylation is 1. The van der Waals surface area contributed by atoms with Gasteiger partial charge in [0.25, 0.3) is 0 Å². The highest BCUT2D eigenvalue weighted by Crippen LogP contribution is 2.32. The Kier molecular flexibility index (Phi) is 5.73. The molecule has 9 heteroatoms. The zero-order valence-corrected chi connectivity index (χ0v) is 15.8. The summed E-state index contributed by atoms with van der Waals surface area (Å²) in [6.07, 6.45) is 1.27. The second-order valence-electron chi connectivity index (χ2n) is 5.74. The van der Waals surface area contributed by atoms with Crippen LogP contribution >= 0.6 is 23.2 Å². The van der Waals surface area contributed by atoms with Crippen molar-refractivity contribution in [1.82, 2.24) is 9.97 Å². The highest BCUT2D eigenvalue weighted by molar-refractivity contribution is 6.31. The maximum absolute atomic E-state index is 11.6. The van der Waals surface area contributed by atoms with E-state index in [1.807, 2.05) is 19.1 Å². The van der Waals surface area contributed by atoms with Crippen molar-refractivity contribution >= 4 is 46.2 Å². The van der Waals surface area contributed by atoms with Gasteiger partial charge in [0.1, 0.15) is 6.33 Å². The SMILES string of the molecule is Cc1cc(Cl)ccc1Nc1ncnc(NCc2ccc(Cl)cc2)c1[N+](=O)[O-]. The van der Waals surface area contributed by atoms with Crippen molar-refractivity contribution in [3.05, 3.63) is 80.1 Å². The molecular weight excluding hydrogens is 389 g/mol. The van der Waals surface area contributed by atoms with Crippen LogP contribution < -0.4 is 10.6 Å². The molecule has 3 rings (SSSR count). The predicted molar refractivity (Wildman–Crippen MR) is 107 cm³/mol. The molecular formula is C18H15Cl2N5O2. The molecule has 0 amide bonds. The lowest BCUT2D eigenvalue weighted by Gasteiger charge is -2.12. The van der Waals surface area contributed by atoms with E-state index < -0.39 is 4.92 Å². The van der Waals surface area contributed by atoms with Crippen molar-refractivity contribution in [2.75, 3.05) is 10.6 Å². The molecule has 3 aromatic rings. The van der Waals surface area contributed by atoms with Crippen LogP contribution in [0.15, 0.2) is 48.8 Å². The van der Waals surface area contributed by atoms with Gasteiger partial charge in [0.2, 0.25) is 11.6 Å². The third-order valence-electron chi connectivity index (χ3n) is 3.82. The van der Waals surface area contributed by atoms with Gasteiger partial charge in [0.15, 0.2) is 0 Å². The van der Waals surface area contributed by atoms with E-state index in [-0.39, 0.29) is 17.3 Å². The van der Waals surface area contributed by atoms with Crippen LogP contribution in [-0.4, -0.2) is 14.9 Å². The Bertz CT molecular complexity index is 980. The van der Waals surface area contributed by atoms with Crippen molar-refractivity contribution < 1.29 is 4.92 Å². The van der Waals surface area contributed by atoms with Crippen LogP contribution in [0, 0.1) is 17.0 Å². The molecule has 1 aromatic heterocycles. The van der Waals surface area contributed by atoms with Gasteiger partial charge < -0.3 is 10.6 Å². The minimum absolute atomic E-state index is 0.0963. The number of aromatic nitrogens is 2. The Morgan fingerprint density at radius 1 is 1.04 bits per heavy atom. The zero-order chi connectivity index (χ0) is 19.4. The third-order valence-corrected chi connectivity index (χ3v) is 4.31. The number of rotatable bonds is 6. The van der Waals surface area contributed by atoms with Crippen LogP contribution in [0.1, 0.15) is 11.1 Å². The van der Waals surface area contributed by atoms with Crippen molar-refractivity contribution in [3.63, 3.8) is 0 Å². The quantitative estimate of drug-likeness (QED) is 0.425. The van der Waals surface area contributed by atoms with Gasteiger partial charge in [-0.3, -0.25) is 10.1 Å². The van der Waals surface area contributed by atoms with Gasteiger partial charge in [0, 0.05) is 22.3 Å². The Hall–Kier alpha value is -2.90. The normalized spacial score (nSPS) is 10.5. The molecule has 0 aliphatic rings. The molecule has 0 unspecified atom stereocenters. The molecule has 0 fully saturated rings. The van der Waals surface area contributed by atoms with E-state index in [4.69, 9.17) is 23.2 Å². The van der Waals surface area contributed by atoms with Crippen LogP contribution in [0.2, 0.25) is 10.0 Å². The van der Waals surface area contributed by atoms with Crippen LogP contribution in [0.25, 0.3) is 0 Å². The van der Waals surface area contributed by atoms with Crippen LogP contribution in [0.3, 0.4) is 0 Å². The summed E-state index contributed by atoms with van der Waals surface area (Å²) < 4.78 is 0. The van der Waals surface area contributed by atoms with Gasteiger partial charge in [-0.15, -0.1) is 0 Å². The Morgan fingerprint density at radius 3 is 2.37 bits per heavy atom. The van der Waals surface area contributed by atoms with E-state index in [1.165, 1.54) is 6.33 Å². The van der Waals surface area contributed by atoms with E-state index >= 15 is 0 Å². The minimum Gasteiger partial charge on any atom is -0.360 e. The first-order valence-corrected chi connectivity index (χ1v) is 8.70.